The highest BCUT2D eigenvalue weighted by atomic mass is 16.7. The molecule has 1 aromatic carbocycles. The summed E-state index contributed by atoms with van der Waals surface area (Å²) in [6.07, 6.45) is 0. The van der Waals surface area contributed by atoms with E-state index in [2.05, 4.69) is 9.99 Å². The number of hydrogen-bond acceptors (Lipinski definition) is 5. The van der Waals surface area contributed by atoms with Gasteiger partial charge in [-0.25, -0.2) is 4.79 Å². The zero-order chi connectivity index (χ0) is 12.3. The smallest absolute Gasteiger partial charge is 0.355 e. The van der Waals surface area contributed by atoms with Crippen LogP contribution in [0.2, 0.25) is 0 Å². The zero-order valence-corrected chi connectivity index (χ0v) is 9.25. The van der Waals surface area contributed by atoms with E-state index in [9.17, 15) is 9.59 Å². The van der Waals surface area contributed by atoms with Crippen molar-refractivity contribution >= 4 is 17.7 Å². The molecule has 17 heavy (non-hydrogen) atoms. The Bertz CT molecular complexity index is 467. The quantitative estimate of drug-likeness (QED) is 0.446. The van der Waals surface area contributed by atoms with Crippen molar-refractivity contribution in [1.82, 2.24) is 0 Å². The van der Waals surface area contributed by atoms with Crippen molar-refractivity contribution in [3.63, 3.8) is 0 Å². The van der Waals surface area contributed by atoms with Crippen molar-refractivity contribution in [2.45, 2.75) is 6.92 Å². The Balaban J connectivity index is 2.28. The molecule has 2 rings (SSSR count). The summed E-state index contributed by atoms with van der Waals surface area (Å²) in [7, 11) is 0. The Labute approximate surface area is 98.0 Å². The summed E-state index contributed by atoms with van der Waals surface area (Å²) in [6, 6.07) is 8.94. The second kappa shape index (κ2) is 4.78. The van der Waals surface area contributed by atoms with Crippen LogP contribution in [0, 0.1) is 5.92 Å². The van der Waals surface area contributed by atoms with Gasteiger partial charge in [-0.05, 0) is 6.92 Å². The van der Waals surface area contributed by atoms with Crippen LogP contribution in [0.1, 0.15) is 12.5 Å². The summed E-state index contributed by atoms with van der Waals surface area (Å²) < 4.78 is 4.83. The van der Waals surface area contributed by atoms with Crippen LogP contribution in [0.5, 0.6) is 0 Å². The van der Waals surface area contributed by atoms with Crippen LogP contribution < -0.4 is 0 Å². The third kappa shape index (κ3) is 2.18. The van der Waals surface area contributed by atoms with Gasteiger partial charge in [0.15, 0.2) is 0 Å². The molecule has 0 aromatic heterocycles. The average molecular weight is 233 g/mol. The first-order valence-corrected chi connectivity index (χ1v) is 5.25. The van der Waals surface area contributed by atoms with Crippen LogP contribution in [-0.2, 0) is 19.2 Å². The predicted octanol–water partition coefficient (Wildman–Crippen LogP) is 1.13. The molecular formula is C12H11NO4. The summed E-state index contributed by atoms with van der Waals surface area (Å²) in [5.41, 5.74) is 0.977. The molecule has 1 atom stereocenters. The highest BCUT2D eigenvalue weighted by molar-refractivity contribution is 6.24. The Morgan fingerprint density at radius 1 is 1.41 bits per heavy atom. The lowest BCUT2D eigenvalue weighted by Crippen LogP contribution is -2.30. The second-order valence-electron chi connectivity index (χ2n) is 3.44. The molecule has 88 valence electrons. The van der Waals surface area contributed by atoms with Gasteiger partial charge in [-0.3, -0.25) is 4.79 Å². The maximum atomic E-state index is 11.6. The van der Waals surface area contributed by atoms with Gasteiger partial charge in [0.2, 0.25) is 5.92 Å². The van der Waals surface area contributed by atoms with Crippen molar-refractivity contribution < 1.29 is 19.2 Å². The molecule has 1 aliphatic heterocycles. The number of carbonyl (C=O) groups excluding carboxylic acids is 2. The summed E-state index contributed by atoms with van der Waals surface area (Å²) >= 11 is 0. The van der Waals surface area contributed by atoms with E-state index in [1.54, 1.807) is 31.2 Å². The summed E-state index contributed by atoms with van der Waals surface area (Å²) in [6.45, 7) is 1.89. The van der Waals surface area contributed by atoms with Gasteiger partial charge in [0, 0.05) is 5.56 Å². The fourth-order valence-electron chi connectivity index (χ4n) is 1.57. The van der Waals surface area contributed by atoms with E-state index in [1.165, 1.54) is 0 Å². The number of nitrogens with zero attached hydrogens (tertiary/aromatic N) is 1. The van der Waals surface area contributed by atoms with Crippen molar-refractivity contribution in [1.29, 1.82) is 0 Å². The number of carbonyl (C=O) groups is 2. The molecule has 1 aliphatic rings. The largest absolute Gasteiger partial charge is 0.465 e. The van der Waals surface area contributed by atoms with Gasteiger partial charge >= 0.3 is 11.9 Å². The fraction of sp³-hybridized carbons (Fsp3) is 0.250. The predicted molar refractivity (Wildman–Crippen MR) is 59.2 cm³/mol. The fourth-order valence-corrected chi connectivity index (χ4v) is 1.57. The number of benzene rings is 1. The lowest BCUT2D eigenvalue weighted by molar-refractivity contribution is -0.155. The van der Waals surface area contributed by atoms with Crippen molar-refractivity contribution in [3.05, 3.63) is 35.9 Å². The number of hydrogen-bond donors (Lipinski definition) is 0. The van der Waals surface area contributed by atoms with Gasteiger partial charge < -0.3 is 9.57 Å². The first-order valence-electron chi connectivity index (χ1n) is 5.25. The normalized spacial score (nSPS) is 18.5. The van der Waals surface area contributed by atoms with E-state index >= 15 is 0 Å². The SMILES string of the molecule is CCOC(=O)C1C(=O)ON=C1c1ccccc1. The standard InChI is InChI=1S/C12H11NO4/c1-2-16-11(14)9-10(13-17-12(9)15)8-6-4-3-5-7-8/h3-7,9H,2H2,1H3. The molecule has 0 aliphatic carbocycles. The Kier molecular flexibility index (Phi) is 3.18. The summed E-state index contributed by atoms with van der Waals surface area (Å²) in [5, 5.41) is 3.64. The van der Waals surface area contributed by atoms with Gasteiger partial charge in [0.25, 0.3) is 0 Å². The summed E-state index contributed by atoms with van der Waals surface area (Å²) in [4.78, 5) is 27.6. The van der Waals surface area contributed by atoms with E-state index in [4.69, 9.17) is 4.74 Å². The molecule has 1 unspecified atom stereocenters. The van der Waals surface area contributed by atoms with E-state index in [1.807, 2.05) is 6.07 Å². The lowest BCUT2D eigenvalue weighted by Gasteiger charge is -2.07. The molecular weight excluding hydrogens is 222 g/mol. The minimum absolute atomic E-state index is 0.213. The molecule has 0 N–H and O–H groups in total. The molecule has 0 saturated heterocycles. The molecule has 0 radical (unpaired) electrons. The number of esters is 1. The Morgan fingerprint density at radius 3 is 2.76 bits per heavy atom. The minimum atomic E-state index is -1.07. The van der Waals surface area contributed by atoms with Crippen LogP contribution in [0.15, 0.2) is 35.5 Å². The zero-order valence-electron chi connectivity index (χ0n) is 9.25. The van der Waals surface area contributed by atoms with Crippen molar-refractivity contribution in [2.75, 3.05) is 6.61 Å². The monoisotopic (exact) mass is 233 g/mol. The first kappa shape index (κ1) is 11.3. The minimum Gasteiger partial charge on any atom is -0.465 e. The van der Waals surface area contributed by atoms with Crippen molar-refractivity contribution in [2.24, 2.45) is 11.1 Å². The Hall–Kier alpha value is -2.17. The van der Waals surface area contributed by atoms with Crippen LogP contribution in [-0.4, -0.2) is 24.3 Å². The number of oxime groups is 1. The van der Waals surface area contributed by atoms with Gasteiger partial charge in [-0.2, -0.15) is 0 Å². The molecule has 1 heterocycles. The summed E-state index contributed by atoms with van der Waals surface area (Å²) in [5.74, 6) is -2.39. The van der Waals surface area contributed by atoms with Crippen LogP contribution >= 0.6 is 0 Å². The van der Waals surface area contributed by atoms with E-state index in [0.29, 0.717) is 11.3 Å². The van der Waals surface area contributed by atoms with Crippen LogP contribution in [0.25, 0.3) is 0 Å². The maximum absolute atomic E-state index is 11.6. The third-order valence-corrected chi connectivity index (χ3v) is 2.33. The molecule has 5 heteroatoms. The average Bonchev–Trinajstić information content (AvgIpc) is 2.73. The molecule has 0 bridgehead atoms. The van der Waals surface area contributed by atoms with Crippen LogP contribution in [0.3, 0.4) is 0 Å². The number of rotatable bonds is 3. The molecule has 5 nitrogen and oxygen atoms in total. The molecule has 1 aromatic rings. The highest BCUT2D eigenvalue weighted by Gasteiger charge is 2.40. The van der Waals surface area contributed by atoms with Gasteiger partial charge in [-0.15, -0.1) is 0 Å². The van der Waals surface area contributed by atoms with E-state index < -0.39 is 17.9 Å². The van der Waals surface area contributed by atoms with E-state index in [0.717, 1.165) is 0 Å². The lowest BCUT2D eigenvalue weighted by atomic mass is 9.97. The van der Waals surface area contributed by atoms with Gasteiger partial charge in [0.05, 0.1) is 6.61 Å². The molecule has 0 spiro atoms. The van der Waals surface area contributed by atoms with Gasteiger partial charge in [-0.1, -0.05) is 35.5 Å². The highest BCUT2D eigenvalue weighted by Crippen LogP contribution is 2.19. The van der Waals surface area contributed by atoms with E-state index in [-0.39, 0.29) is 6.61 Å². The third-order valence-electron chi connectivity index (χ3n) is 2.33. The molecule has 0 saturated carbocycles. The van der Waals surface area contributed by atoms with Crippen LogP contribution in [0.4, 0.5) is 0 Å². The second-order valence-corrected chi connectivity index (χ2v) is 3.44. The topological polar surface area (TPSA) is 65.0 Å². The van der Waals surface area contributed by atoms with Crippen molar-refractivity contribution in [3.8, 4) is 0 Å². The Morgan fingerprint density at radius 2 is 2.12 bits per heavy atom. The molecule has 0 amide bonds. The first-order chi connectivity index (χ1) is 8.24. The van der Waals surface area contributed by atoms with Gasteiger partial charge in [0.1, 0.15) is 5.71 Å². The molecule has 0 fully saturated rings. The maximum Gasteiger partial charge on any atom is 0.355 e. The number of ether oxygens (including phenoxy) is 1.